The molecule has 0 amide bonds. The Bertz CT molecular complexity index is 441. The number of benzene rings is 1. The first-order valence-corrected chi connectivity index (χ1v) is 7.01. The highest BCUT2D eigenvalue weighted by molar-refractivity contribution is 5.37. The van der Waals surface area contributed by atoms with Gasteiger partial charge in [-0.05, 0) is 61.1 Å². The number of rotatable bonds is 3. The molecule has 2 saturated carbocycles. The Balaban J connectivity index is 1.82. The topological polar surface area (TPSA) is 29.5 Å². The Morgan fingerprint density at radius 2 is 2.11 bits per heavy atom. The van der Waals surface area contributed by atoms with Gasteiger partial charge in [-0.25, -0.2) is 0 Å². The van der Waals surface area contributed by atoms with E-state index in [1.54, 1.807) is 7.11 Å². The van der Waals surface area contributed by atoms with Gasteiger partial charge in [0.25, 0.3) is 0 Å². The molecule has 2 nitrogen and oxygen atoms in total. The van der Waals surface area contributed by atoms with Gasteiger partial charge in [-0.3, -0.25) is 0 Å². The highest BCUT2D eigenvalue weighted by atomic mass is 16.5. The normalized spacial score (nSPS) is 31.6. The largest absolute Gasteiger partial charge is 0.496 e. The summed E-state index contributed by atoms with van der Waals surface area (Å²) in [5, 5.41) is 10.6. The van der Waals surface area contributed by atoms with Crippen molar-refractivity contribution in [3.8, 4) is 5.75 Å². The van der Waals surface area contributed by atoms with Gasteiger partial charge in [0.15, 0.2) is 0 Å². The lowest BCUT2D eigenvalue weighted by Crippen LogP contribution is -2.19. The van der Waals surface area contributed by atoms with Crippen LogP contribution in [0.3, 0.4) is 0 Å². The third-order valence-corrected chi connectivity index (χ3v) is 4.97. The van der Waals surface area contributed by atoms with Crippen LogP contribution in [0.1, 0.15) is 42.9 Å². The van der Waals surface area contributed by atoms with Gasteiger partial charge in [-0.15, -0.1) is 0 Å². The van der Waals surface area contributed by atoms with Crippen molar-refractivity contribution >= 4 is 0 Å². The van der Waals surface area contributed by atoms with Crippen LogP contribution in [0.4, 0.5) is 0 Å². The molecule has 1 aromatic rings. The number of ether oxygens (including phenoxy) is 1. The fourth-order valence-corrected chi connectivity index (χ4v) is 3.95. The second kappa shape index (κ2) is 4.58. The van der Waals surface area contributed by atoms with Crippen molar-refractivity contribution in [3.05, 3.63) is 29.3 Å². The highest BCUT2D eigenvalue weighted by Gasteiger charge is 2.43. The predicted molar refractivity (Wildman–Crippen MR) is 71.6 cm³/mol. The van der Waals surface area contributed by atoms with E-state index in [1.165, 1.54) is 25.7 Å². The first-order chi connectivity index (χ1) is 8.69. The first-order valence-electron chi connectivity index (χ1n) is 7.01. The Kier molecular flexibility index (Phi) is 3.06. The molecule has 0 heterocycles. The van der Waals surface area contributed by atoms with Crippen molar-refractivity contribution in [2.75, 3.05) is 7.11 Å². The molecule has 2 bridgehead atoms. The molecule has 4 atom stereocenters. The van der Waals surface area contributed by atoms with E-state index in [9.17, 15) is 5.11 Å². The van der Waals surface area contributed by atoms with Gasteiger partial charge in [0, 0.05) is 0 Å². The van der Waals surface area contributed by atoms with E-state index in [0.717, 1.165) is 28.7 Å². The lowest BCUT2D eigenvalue weighted by molar-refractivity contribution is 0.0743. The number of methoxy groups -OCH3 is 1. The number of fused-ring (bicyclic) bond motifs is 2. The van der Waals surface area contributed by atoms with Crippen LogP contribution >= 0.6 is 0 Å². The van der Waals surface area contributed by atoms with Crippen LogP contribution in [0, 0.1) is 24.7 Å². The van der Waals surface area contributed by atoms with Gasteiger partial charge < -0.3 is 9.84 Å². The summed E-state index contributed by atoms with van der Waals surface area (Å²) in [5.74, 6) is 2.98. The molecule has 18 heavy (non-hydrogen) atoms. The maximum Gasteiger partial charge on any atom is 0.122 e. The predicted octanol–water partition coefficient (Wildman–Crippen LogP) is 3.47. The van der Waals surface area contributed by atoms with E-state index in [-0.39, 0.29) is 6.10 Å². The van der Waals surface area contributed by atoms with Crippen LogP contribution in [0.2, 0.25) is 0 Å². The summed E-state index contributed by atoms with van der Waals surface area (Å²) in [7, 11) is 1.69. The molecule has 1 N–H and O–H groups in total. The molecule has 0 radical (unpaired) electrons. The molecule has 98 valence electrons. The van der Waals surface area contributed by atoms with Crippen molar-refractivity contribution in [3.63, 3.8) is 0 Å². The molecule has 2 aliphatic carbocycles. The Hall–Kier alpha value is -1.02. The summed E-state index contributed by atoms with van der Waals surface area (Å²) in [5.41, 5.74) is 2.15. The van der Waals surface area contributed by atoms with E-state index in [4.69, 9.17) is 4.74 Å². The highest BCUT2D eigenvalue weighted by Crippen LogP contribution is 2.52. The summed E-state index contributed by atoms with van der Waals surface area (Å²) in [6.45, 7) is 2.03. The van der Waals surface area contributed by atoms with Crippen LogP contribution in [-0.2, 0) is 0 Å². The van der Waals surface area contributed by atoms with Crippen molar-refractivity contribution < 1.29 is 9.84 Å². The van der Waals surface area contributed by atoms with Crippen LogP contribution in [0.25, 0.3) is 0 Å². The monoisotopic (exact) mass is 246 g/mol. The molecule has 3 rings (SSSR count). The van der Waals surface area contributed by atoms with Crippen molar-refractivity contribution in [1.82, 2.24) is 0 Å². The van der Waals surface area contributed by atoms with Crippen LogP contribution < -0.4 is 4.74 Å². The minimum Gasteiger partial charge on any atom is -0.496 e. The van der Waals surface area contributed by atoms with E-state index in [1.807, 2.05) is 19.1 Å². The molecule has 2 heteroatoms. The number of hydrogen-bond donors (Lipinski definition) is 1. The Morgan fingerprint density at radius 3 is 2.72 bits per heavy atom. The molecule has 2 fully saturated rings. The first kappa shape index (κ1) is 12.0. The maximum atomic E-state index is 10.6. The van der Waals surface area contributed by atoms with Crippen LogP contribution in [0.15, 0.2) is 18.2 Å². The van der Waals surface area contributed by atoms with Gasteiger partial charge in [0.2, 0.25) is 0 Å². The second-order valence-electron chi connectivity index (χ2n) is 6.01. The zero-order chi connectivity index (χ0) is 12.7. The second-order valence-corrected chi connectivity index (χ2v) is 6.01. The number of hydrogen-bond acceptors (Lipinski definition) is 2. The fraction of sp³-hybridized carbons (Fsp3) is 0.625. The smallest absolute Gasteiger partial charge is 0.122 e. The average Bonchev–Trinajstić information content (AvgIpc) is 3.00. The summed E-state index contributed by atoms with van der Waals surface area (Å²) >= 11 is 0. The van der Waals surface area contributed by atoms with Crippen LogP contribution in [-0.4, -0.2) is 12.2 Å². The van der Waals surface area contributed by atoms with Gasteiger partial charge >= 0.3 is 0 Å². The summed E-state index contributed by atoms with van der Waals surface area (Å²) in [4.78, 5) is 0. The number of aryl methyl sites for hydroxylation is 1. The summed E-state index contributed by atoms with van der Waals surface area (Å²) < 4.78 is 5.35. The van der Waals surface area contributed by atoms with Gasteiger partial charge in [0.05, 0.1) is 13.2 Å². The fourth-order valence-electron chi connectivity index (χ4n) is 3.95. The van der Waals surface area contributed by atoms with Crippen molar-refractivity contribution in [2.24, 2.45) is 17.8 Å². The quantitative estimate of drug-likeness (QED) is 0.885. The summed E-state index contributed by atoms with van der Waals surface area (Å²) in [6, 6.07) is 6.10. The number of aliphatic hydroxyl groups is 1. The van der Waals surface area contributed by atoms with Crippen molar-refractivity contribution in [1.29, 1.82) is 0 Å². The maximum absolute atomic E-state index is 10.6. The molecular formula is C16H22O2. The van der Waals surface area contributed by atoms with Crippen molar-refractivity contribution in [2.45, 2.75) is 38.7 Å². The standard InChI is InChI=1S/C16H22O2/c1-10-3-5-13(9-15(10)18-2)16(17)14-8-11-4-6-12(14)7-11/h3,5,9,11-12,14,16-17H,4,6-8H2,1-2H3. The van der Waals surface area contributed by atoms with E-state index in [2.05, 4.69) is 6.07 Å². The Morgan fingerprint density at radius 1 is 1.28 bits per heavy atom. The summed E-state index contributed by atoms with van der Waals surface area (Å²) in [6.07, 6.45) is 4.93. The van der Waals surface area contributed by atoms with Crippen LogP contribution in [0.5, 0.6) is 5.75 Å². The average molecular weight is 246 g/mol. The molecule has 0 aliphatic heterocycles. The molecular weight excluding hydrogens is 224 g/mol. The van der Waals surface area contributed by atoms with E-state index < -0.39 is 0 Å². The lowest BCUT2D eigenvalue weighted by Gasteiger charge is -2.27. The zero-order valence-corrected chi connectivity index (χ0v) is 11.2. The molecule has 4 unspecified atom stereocenters. The SMILES string of the molecule is COc1cc(C(O)C2CC3CCC2C3)ccc1C. The number of aliphatic hydroxyl groups excluding tert-OH is 1. The van der Waals surface area contributed by atoms with Gasteiger partial charge in [-0.2, -0.15) is 0 Å². The zero-order valence-electron chi connectivity index (χ0n) is 11.2. The molecule has 0 saturated heterocycles. The molecule has 2 aliphatic rings. The van der Waals surface area contributed by atoms with E-state index in [0.29, 0.717) is 5.92 Å². The third kappa shape index (κ3) is 1.93. The lowest BCUT2D eigenvalue weighted by atomic mass is 9.82. The third-order valence-electron chi connectivity index (χ3n) is 4.97. The van der Waals surface area contributed by atoms with E-state index >= 15 is 0 Å². The molecule has 1 aromatic carbocycles. The van der Waals surface area contributed by atoms with Gasteiger partial charge in [-0.1, -0.05) is 18.6 Å². The minimum atomic E-state index is -0.310. The molecule has 0 spiro atoms. The van der Waals surface area contributed by atoms with Gasteiger partial charge in [0.1, 0.15) is 5.75 Å². The minimum absolute atomic E-state index is 0.310. The molecule has 0 aromatic heterocycles. The Labute approximate surface area is 109 Å².